The number of nitrogens with one attached hydrogen (secondary N) is 1. The molecule has 132 valence electrons. The van der Waals surface area contributed by atoms with Gasteiger partial charge in [-0.3, -0.25) is 9.59 Å². The van der Waals surface area contributed by atoms with Gasteiger partial charge in [0.05, 0.1) is 11.5 Å². The molecule has 3 aliphatic rings. The number of aryl methyl sites for hydroxylation is 1. The molecular weight excluding hydrogens is 340 g/mol. The molecule has 2 bridgehead atoms. The number of anilines is 1. The van der Waals surface area contributed by atoms with Crippen LogP contribution in [0, 0.1) is 23.7 Å². The number of nitrogens with two attached hydrogens (primary N) is 1. The van der Waals surface area contributed by atoms with Gasteiger partial charge in [0.1, 0.15) is 5.00 Å². The first kappa shape index (κ1) is 16.3. The Morgan fingerprint density at radius 2 is 1.80 bits per heavy atom. The number of allylic oxidation sites excluding steroid dienone is 2. The molecular formula is C18H19N2O4S-. The summed E-state index contributed by atoms with van der Waals surface area (Å²) in [5.74, 6) is -3.76. The Balaban J connectivity index is 1.63. The van der Waals surface area contributed by atoms with Crippen LogP contribution in [0.4, 0.5) is 5.00 Å². The van der Waals surface area contributed by atoms with Crippen molar-refractivity contribution in [2.45, 2.75) is 32.1 Å². The Morgan fingerprint density at radius 3 is 2.48 bits per heavy atom. The summed E-state index contributed by atoms with van der Waals surface area (Å²) in [4.78, 5) is 37.3. The monoisotopic (exact) mass is 359 g/mol. The fourth-order valence-electron chi connectivity index (χ4n) is 4.61. The van der Waals surface area contributed by atoms with Gasteiger partial charge in [0.2, 0.25) is 5.91 Å². The van der Waals surface area contributed by atoms with Crippen molar-refractivity contribution in [3.8, 4) is 0 Å². The van der Waals surface area contributed by atoms with Crippen LogP contribution in [0.5, 0.6) is 0 Å². The molecule has 0 saturated heterocycles. The van der Waals surface area contributed by atoms with Gasteiger partial charge in [0.25, 0.3) is 5.91 Å². The van der Waals surface area contributed by atoms with Crippen molar-refractivity contribution in [3.05, 3.63) is 28.2 Å². The van der Waals surface area contributed by atoms with Crippen LogP contribution < -0.4 is 16.2 Å². The highest BCUT2D eigenvalue weighted by molar-refractivity contribution is 7.17. The lowest BCUT2D eigenvalue weighted by Crippen LogP contribution is -2.43. The van der Waals surface area contributed by atoms with Crippen LogP contribution in [0.25, 0.3) is 0 Å². The first-order valence-corrected chi connectivity index (χ1v) is 9.43. The van der Waals surface area contributed by atoms with Gasteiger partial charge in [-0.15, -0.1) is 11.3 Å². The van der Waals surface area contributed by atoms with Gasteiger partial charge in [0.15, 0.2) is 0 Å². The molecule has 0 radical (unpaired) electrons. The average Bonchev–Trinajstić information content (AvgIpc) is 3.25. The Bertz CT molecular complexity index is 797. The summed E-state index contributed by atoms with van der Waals surface area (Å²) in [6, 6.07) is 0. The maximum Gasteiger partial charge on any atom is 0.251 e. The fourth-order valence-corrected chi connectivity index (χ4v) is 5.91. The van der Waals surface area contributed by atoms with E-state index >= 15 is 0 Å². The van der Waals surface area contributed by atoms with E-state index in [-0.39, 0.29) is 17.7 Å². The molecule has 1 saturated carbocycles. The lowest BCUT2D eigenvalue weighted by molar-refractivity contribution is -0.313. The molecule has 1 aromatic rings. The van der Waals surface area contributed by atoms with Crippen molar-refractivity contribution < 1.29 is 19.5 Å². The van der Waals surface area contributed by atoms with E-state index in [9.17, 15) is 19.5 Å². The molecule has 25 heavy (non-hydrogen) atoms. The van der Waals surface area contributed by atoms with Crippen LogP contribution in [-0.4, -0.2) is 17.8 Å². The summed E-state index contributed by atoms with van der Waals surface area (Å²) >= 11 is 1.39. The molecule has 3 aliphatic carbocycles. The van der Waals surface area contributed by atoms with Gasteiger partial charge in [-0.1, -0.05) is 12.2 Å². The molecule has 0 spiro atoms. The minimum absolute atomic E-state index is 0.0838. The third-order valence-electron chi connectivity index (χ3n) is 5.69. The molecule has 0 unspecified atom stereocenters. The van der Waals surface area contributed by atoms with E-state index in [4.69, 9.17) is 5.73 Å². The highest BCUT2D eigenvalue weighted by Gasteiger charge is 2.49. The van der Waals surface area contributed by atoms with Gasteiger partial charge in [-0.25, -0.2) is 0 Å². The average molecular weight is 359 g/mol. The second-order valence-corrected chi connectivity index (χ2v) is 8.19. The first-order valence-electron chi connectivity index (χ1n) is 8.61. The summed E-state index contributed by atoms with van der Waals surface area (Å²) in [7, 11) is 0. The Kier molecular flexibility index (Phi) is 3.91. The summed E-state index contributed by atoms with van der Waals surface area (Å²) in [6.45, 7) is 0. The molecule has 4 atom stereocenters. The zero-order valence-electron chi connectivity index (χ0n) is 13.6. The quantitative estimate of drug-likeness (QED) is 0.776. The number of carboxylic acids is 1. The first-order chi connectivity index (χ1) is 12.0. The summed E-state index contributed by atoms with van der Waals surface area (Å²) < 4.78 is 0. The number of rotatable bonds is 4. The molecule has 2 amide bonds. The molecule has 0 aliphatic heterocycles. The number of carbonyl (C=O) groups excluding carboxylic acids is 3. The van der Waals surface area contributed by atoms with Crippen molar-refractivity contribution >= 4 is 34.1 Å². The Labute approximate surface area is 149 Å². The van der Waals surface area contributed by atoms with E-state index in [0.29, 0.717) is 17.0 Å². The van der Waals surface area contributed by atoms with Crippen LogP contribution in [0.3, 0.4) is 0 Å². The van der Waals surface area contributed by atoms with Crippen LogP contribution in [-0.2, 0) is 22.4 Å². The molecule has 1 fully saturated rings. The molecule has 0 aromatic carbocycles. The number of carboxylic acid groups (broad SMARTS) is 1. The molecule has 3 N–H and O–H groups in total. The Hall–Kier alpha value is -2.15. The van der Waals surface area contributed by atoms with Gasteiger partial charge in [-0.2, -0.15) is 0 Å². The van der Waals surface area contributed by atoms with Crippen molar-refractivity contribution in [2.24, 2.45) is 29.4 Å². The molecule has 7 heteroatoms. The second-order valence-electron chi connectivity index (χ2n) is 7.09. The molecule has 1 heterocycles. The number of hydrogen-bond acceptors (Lipinski definition) is 5. The number of carbonyl (C=O) groups is 3. The van der Waals surface area contributed by atoms with Gasteiger partial charge in [0, 0.05) is 16.8 Å². The largest absolute Gasteiger partial charge is 0.550 e. The predicted octanol–water partition coefficient (Wildman–Crippen LogP) is 0.852. The number of thiophene rings is 1. The summed E-state index contributed by atoms with van der Waals surface area (Å²) in [5.41, 5.74) is 6.90. The number of hydrogen-bond donors (Lipinski definition) is 2. The number of fused-ring (bicyclic) bond motifs is 3. The van der Waals surface area contributed by atoms with Crippen molar-refractivity contribution in [3.63, 3.8) is 0 Å². The van der Waals surface area contributed by atoms with Crippen LogP contribution in [0.2, 0.25) is 0 Å². The van der Waals surface area contributed by atoms with E-state index in [1.54, 1.807) is 0 Å². The third-order valence-corrected chi connectivity index (χ3v) is 6.90. The highest BCUT2D eigenvalue weighted by Crippen LogP contribution is 2.48. The normalized spacial score (nSPS) is 29.4. The summed E-state index contributed by atoms with van der Waals surface area (Å²) in [6.07, 6.45) is 8.19. The third kappa shape index (κ3) is 2.57. The van der Waals surface area contributed by atoms with Crippen LogP contribution in [0.1, 0.15) is 40.1 Å². The predicted molar refractivity (Wildman–Crippen MR) is 90.8 cm³/mol. The molecule has 1 aromatic heterocycles. The van der Waals surface area contributed by atoms with E-state index in [2.05, 4.69) is 5.32 Å². The van der Waals surface area contributed by atoms with E-state index in [0.717, 1.165) is 36.1 Å². The minimum Gasteiger partial charge on any atom is -0.550 e. The zero-order chi connectivity index (χ0) is 17.7. The smallest absolute Gasteiger partial charge is 0.251 e. The molecule has 4 rings (SSSR count). The van der Waals surface area contributed by atoms with Gasteiger partial charge in [-0.05, 0) is 49.5 Å². The van der Waals surface area contributed by atoms with Crippen LogP contribution in [0.15, 0.2) is 12.2 Å². The van der Waals surface area contributed by atoms with Gasteiger partial charge >= 0.3 is 0 Å². The van der Waals surface area contributed by atoms with E-state index in [1.807, 2.05) is 12.2 Å². The van der Waals surface area contributed by atoms with E-state index in [1.165, 1.54) is 11.3 Å². The van der Waals surface area contributed by atoms with Crippen LogP contribution >= 0.6 is 11.3 Å². The van der Waals surface area contributed by atoms with Crippen molar-refractivity contribution in [2.75, 3.05) is 5.32 Å². The SMILES string of the molecule is NC(=O)c1c(NC(=O)[C@@H]2[C@@H](C(=O)[O-])[C@H]3C=C[C@@H]2C3)sc2c1CCCC2. The topological polar surface area (TPSA) is 112 Å². The number of aliphatic carboxylic acids is 1. The summed E-state index contributed by atoms with van der Waals surface area (Å²) in [5, 5.41) is 14.8. The lowest BCUT2D eigenvalue weighted by Gasteiger charge is -2.27. The Morgan fingerprint density at radius 1 is 1.12 bits per heavy atom. The lowest BCUT2D eigenvalue weighted by atomic mass is 9.82. The number of amides is 2. The maximum absolute atomic E-state index is 12.8. The second kappa shape index (κ2) is 5.98. The minimum atomic E-state index is -1.18. The van der Waals surface area contributed by atoms with Crippen molar-refractivity contribution in [1.82, 2.24) is 0 Å². The van der Waals surface area contributed by atoms with Crippen molar-refractivity contribution in [1.29, 1.82) is 0 Å². The zero-order valence-corrected chi connectivity index (χ0v) is 14.4. The molecule has 6 nitrogen and oxygen atoms in total. The van der Waals surface area contributed by atoms with Gasteiger partial charge < -0.3 is 21.0 Å². The fraction of sp³-hybridized carbons (Fsp3) is 0.500. The van der Waals surface area contributed by atoms with E-state index < -0.39 is 23.7 Å². The standard InChI is InChI=1S/C18H20N2O4S/c19-15(21)14-10-3-1-2-4-11(10)25-17(14)20-16(22)12-8-5-6-9(7-8)13(12)18(23)24/h5-6,8-9,12-13H,1-4,7H2,(H2,19,21)(H,20,22)(H,23,24)/p-1/t8-,9+,12+,13+/m1/s1. The highest BCUT2D eigenvalue weighted by atomic mass is 32.1. The number of primary amides is 1. The maximum atomic E-state index is 12.8.